The van der Waals surface area contributed by atoms with Crippen molar-refractivity contribution in [3.05, 3.63) is 119 Å². The van der Waals surface area contributed by atoms with E-state index in [9.17, 15) is 58.0 Å². The molecule has 5 rings (SSSR count). The number of aliphatic hydroxyl groups excluding tert-OH is 1. The summed E-state index contributed by atoms with van der Waals surface area (Å²) >= 11 is 0. The molecule has 23 nitrogen and oxygen atoms in total. The molecule has 24 heteroatoms. The number of carbonyl (C=O) groups excluding carboxylic acids is 6. The van der Waals surface area contributed by atoms with Crippen LogP contribution >= 0.6 is 7.82 Å². The number of carbonyl (C=O) groups is 8. The van der Waals surface area contributed by atoms with Gasteiger partial charge in [0.25, 0.3) is 0 Å². The minimum absolute atomic E-state index is 0.0204. The summed E-state index contributed by atoms with van der Waals surface area (Å²) in [4.78, 5) is 113. The highest BCUT2D eigenvalue weighted by atomic mass is 31.2. The number of amides is 7. The van der Waals surface area contributed by atoms with Gasteiger partial charge in [0.05, 0.1) is 19.4 Å². The van der Waals surface area contributed by atoms with Crippen LogP contribution in [0.5, 0.6) is 5.75 Å². The number of urea groups is 1. The molecule has 0 aromatic heterocycles. The minimum atomic E-state index is -4.68. The third-order valence-electron chi connectivity index (χ3n) is 11.3. The molecule has 1 aliphatic carbocycles. The highest BCUT2D eigenvalue weighted by molar-refractivity contribution is 7.47. The van der Waals surface area contributed by atoms with Crippen molar-refractivity contribution < 1.29 is 76.9 Å². The van der Waals surface area contributed by atoms with Crippen LogP contribution in [-0.4, -0.2) is 112 Å². The molecule has 0 radical (unpaired) electrons. The van der Waals surface area contributed by atoms with Gasteiger partial charge in [0.15, 0.2) is 0 Å². The van der Waals surface area contributed by atoms with E-state index in [2.05, 4.69) is 31.9 Å². The number of aliphatic carboxylic acids is 2. The third kappa shape index (κ3) is 17.2. The van der Waals surface area contributed by atoms with Gasteiger partial charge in [0.1, 0.15) is 36.5 Å². The Morgan fingerprint density at radius 3 is 1.99 bits per heavy atom. The van der Waals surface area contributed by atoms with Crippen LogP contribution in [0, 0.1) is 5.92 Å². The Hall–Kier alpha value is -7.85. The van der Waals surface area contributed by atoms with E-state index >= 15 is 0 Å². The van der Waals surface area contributed by atoms with E-state index in [0.29, 0.717) is 11.1 Å². The van der Waals surface area contributed by atoms with Crippen LogP contribution in [-0.2, 0) is 55.6 Å². The highest BCUT2D eigenvalue weighted by Crippen LogP contribution is 2.45. The Balaban J connectivity index is 1.26. The van der Waals surface area contributed by atoms with Gasteiger partial charge in [-0.15, -0.1) is 0 Å². The summed E-state index contributed by atoms with van der Waals surface area (Å²) in [6.45, 7) is 2.02. The Bertz CT molecular complexity index is 2640. The van der Waals surface area contributed by atoms with Gasteiger partial charge >= 0.3 is 31.9 Å². The van der Waals surface area contributed by atoms with Crippen molar-refractivity contribution in [3.8, 4) is 16.9 Å². The monoisotopic (exact) mass is 1030 g/mol. The molecular weight excluding hydrogens is 974 g/mol. The number of ether oxygens (including phenoxy) is 1. The number of aliphatic hydroxyl groups is 1. The number of carboxylic acid groups (broad SMARTS) is 2. The number of alkyl carbamates (subject to hydrolysis) is 1. The molecule has 0 bridgehead atoms. The number of fused-ring (bicyclic) bond motifs is 3. The largest absolute Gasteiger partial charge is 0.527 e. The van der Waals surface area contributed by atoms with E-state index < -0.39 is 105 Å². The fourth-order valence-electron chi connectivity index (χ4n) is 7.77. The molecule has 0 aliphatic heterocycles. The molecule has 0 spiro atoms. The molecule has 390 valence electrons. The van der Waals surface area contributed by atoms with E-state index in [1.165, 1.54) is 48.5 Å². The maximum Gasteiger partial charge on any atom is 0.527 e. The van der Waals surface area contributed by atoms with Gasteiger partial charge in [-0.2, -0.15) is 0 Å². The van der Waals surface area contributed by atoms with Gasteiger partial charge < -0.3 is 62.2 Å². The van der Waals surface area contributed by atoms with Gasteiger partial charge in [-0.25, -0.2) is 18.9 Å². The molecule has 12 N–H and O–H groups in total. The molecule has 4 aromatic rings. The first kappa shape index (κ1) is 56.1. The van der Waals surface area contributed by atoms with Crippen LogP contribution in [0.4, 0.5) is 15.3 Å². The van der Waals surface area contributed by atoms with Crippen molar-refractivity contribution in [2.75, 3.05) is 25.1 Å². The molecule has 4 aromatic carbocycles. The van der Waals surface area contributed by atoms with Crippen molar-refractivity contribution in [1.29, 1.82) is 0 Å². The zero-order valence-corrected chi connectivity index (χ0v) is 40.7. The van der Waals surface area contributed by atoms with Gasteiger partial charge in [-0.3, -0.25) is 33.4 Å². The summed E-state index contributed by atoms with van der Waals surface area (Å²) in [5, 5.41) is 42.8. The van der Waals surface area contributed by atoms with Gasteiger partial charge in [-0.1, -0.05) is 86.6 Å². The van der Waals surface area contributed by atoms with E-state index in [1.807, 2.05) is 48.5 Å². The number of nitrogens with two attached hydrogens (primary N) is 1. The number of primary amides is 1. The second-order valence-electron chi connectivity index (χ2n) is 17.2. The van der Waals surface area contributed by atoms with Gasteiger partial charge in [0, 0.05) is 31.2 Å². The van der Waals surface area contributed by atoms with Crippen LogP contribution in [0.15, 0.2) is 97.1 Å². The Morgan fingerprint density at radius 2 is 1.38 bits per heavy atom. The molecule has 0 fully saturated rings. The number of anilines is 1. The molecule has 0 saturated heterocycles. The lowest BCUT2D eigenvalue weighted by atomic mass is 9.98. The normalized spacial score (nSPS) is 14.1. The summed E-state index contributed by atoms with van der Waals surface area (Å²) < 4.78 is 28.5. The zero-order valence-electron chi connectivity index (χ0n) is 39.8. The first-order chi connectivity index (χ1) is 34.7. The summed E-state index contributed by atoms with van der Waals surface area (Å²) in [5.41, 5.74) is 9.86. The lowest BCUT2D eigenvalue weighted by Crippen LogP contribution is -2.58. The predicted molar refractivity (Wildman–Crippen MR) is 261 cm³/mol. The number of benzene rings is 4. The molecule has 73 heavy (non-hydrogen) atoms. The van der Waals surface area contributed by atoms with Crippen molar-refractivity contribution in [3.63, 3.8) is 0 Å². The molecule has 1 unspecified atom stereocenters. The zero-order chi connectivity index (χ0) is 53.2. The summed E-state index contributed by atoms with van der Waals surface area (Å²) in [6, 6.07) is 19.8. The van der Waals surface area contributed by atoms with Crippen LogP contribution in [0.25, 0.3) is 11.1 Å². The Morgan fingerprint density at radius 1 is 0.726 bits per heavy atom. The van der Waals surface area contributed by atoms with Crippen LogP contribution < -0.4 is 42.2 Å². The number of phosphoric ester groups is 1. The van der Waals surface area contributed by atoms with Crippen molar-refractivity contribution in [2.24, 2.45) is 11.7 Å². The number of hydrogen-bond donors (Lipinski definition) is 11. The van der Waals surface area contributed by atoms with E-state index in [-0.39, 0.29) is 56.2 Å². The summed E-state index contributed by atoms with van der Waals surface area (Å²) in [7, 11) is -4.68. The molecule has 0 heterocycles. The molecule has 5 atom stereocenters. The number of phosphoric acid groups is 1. The lowest BCUT2D eigenvalue weighted by molar-refractivity contribution is -0.142. The second-order valence-corrected chi connectivity index (χ2v) is 18.5. The molecule has 1 aliphatic rings. The predicted octanol–water partition coefficient (Wildman–Crippen LogP) is 3.27. The van der Waals surface area contributed by atoms with Crippen LogP contribution in [0.3, 0.4) is 0 Å². The Kier molecular flexibility index (Phi) is 20.4. The maximum absolute atomic E-state index is 14.1. The number of rotatable bonds is 27. The second kappa shape index (κ2) is 26.6. The third-order valence-corrected chi connectivity index (χ3v) is 12.2. The maximum atomic E-state index is 14.1. The average Bonchev–Trinajstić information content (AvgIpc) is 3.65. The fraction of sp³-hybridized carbons (Fsp3) is 0.347. The van der Waals surface area contributed by atoms with Crippen molar-refractivity contribution in [1.82, 2.24) is 26.6 Å². The van der Waals surface area contributed by atoms with Gasteiger partial charge in [-0.05, 0) is 76.4 Å². The summed E-state index contributed by atoms with van der Waals surface area (Å²) in [6.07, 6.45) is -2.54. The van der Waals surface area contributed by atoms with Gasteiger partial charge in [0.2, 0.25) is 23.6 Å². The highest BCUT2D eigenvalue weighted by Gasteiger charge is 2.35. The van der Waals surface area contributed by atoms with E-state index in [1.54, 1.807) is 13.8 Å². The number of carboxylic acids is 2. The fourth-order valence-corrected chi connectivity index (χ4v) is 8.51. The van der Waals surface area contributed by atoms with Crippen LogP contribution in [0.1, 0.15) is 67.7 Å². The van der Waals surface area contributed by atoms with E-state index in [4.69, 9.17) is 24.6 Å². The number of hydrogen-bond acceptors (Lipinski definition) is 13. The average molecular weight is 1030 g/mol. The molecule has 0 saturated carbocycles. The lowest BCUT2D eigenvalue weighted by Gasteiger charge is -2.27. The smallest absolute Gasteiger partial charge is 0.481 e. The first-order valence-corrected chi connectivity index (χ1v) is 24.5. The quantitative estimate of drug-likeness (QED) is 0.0302. The molecule has 7 amide bonds. The van der Waals surface area contributed by atoms with Crippen molar-refractivity contribution in [2.45, 2.75) is 82.6 Å². The minimum Gasteiger partial charge on any atom is -0.481 e. The standard InChI is InChI=1S/C49H58N7O16P/c1-28(2)43(56-45(62)40(25-41(58)53-39(20-22-57)47(64)65)55-49(67)70-27-37-35-13-5-3-11-33(35)34-12-4-6-14-36(34)37)46(63)54-38(15-8-21-51-48(50)66)44(61)52-31-18-16-29(17-19-31)26-71-73(68,69)72-32-10-7-9-30(23-32)24-42(59)60/h3-7,9-14,16-19,23,28,37-40,43,57H,8,15,20-22,24-27H2,1-2H3,(H,52,61)(H,53,58)(H,54,63)(H,55,67)(H,56,62)(H,59,60)(H,64,65)(H,68,69)(H3,50,51,66)/t38-,39-,40-,43-/m0/s1. The SMILES string of the molecule is CC(C)[C@H](NC(=O)[C@H](CC(=O)N[C@@H](CCO)C(=O)O)NC(=O)OCC1c2ccccc2-c2ccccc21)C(=O)N[C@@H](CCCNC(N)=O)C(=O)Nc1ccc(COP(=O)(O)Oc2cccc(CC(=O)O)c2)cc1. The topological polar surface area (TPSA) is 360 Å². The number of nitrogens with one attached hydrogen (secondary N) is 6. The Labute approximate surface area is 419 Å². The van der Waals surface area contributed by atoms with Crippen LogP contribution in [0.2, 0.25) is 0 Å². The first-order valence-electron chi connectivity index (χ1n) is 23.0. The summed E-state index contributed by atoms with van der Waals surface area (Å²) in [5.74, 6) is -7.32. The van der Waals surface area contributed by atoms with E-state index in [0.717, 1.165) is 22.3 Å². The van der Waals surface area contributed by atoms with Crippen molar-refractivity contribution >= 4 is 61.2 Å². The molecular formula is C49H58N7O16P.